The Hall–Kier alpha value is -1.43. The monoisotopic (exact) mass is 334 g/mol. The van der Waals surface area contributed by atoms with Gasteiger partial charge in [0.25, 0.3) is 0 Å². The van der Waals surface area contributed by atoms with Crippen LogP contribution in [0.1, 0.15) is 0 Å². The number of pyridine rings is 1. The molecule has 84 valence electrons. The largest absolute Gasteiger partial charge is 0.305 e. The first-order valence-electron chi connectivity index (χ1n) is 5.12. The number of hydrogen-bond donors (Lipinski definition) is 0. The summed E-state index contributed by atoms with van der Waals surface area (Å²) in [5.74, 6) is -0.230. The van der Waals surface area contributed by atoms with E-state index >= 15 is 0 Å². The summed E-state index contributed by atoms with van der Waals surface area (Å²) in [5.41, 5.74) is 2.67. The maximum atomic E-state index is 12.8. The van der Waals surface area contributed by atoms with Crippen LogP contribution in [0.5, 0.6) is 0 Å². The van der Waals surface area contributed by atoms with Gasteiger partial charge in [-0.3, -0.25) is 0 Å². The number of halogens is 2. The van der Waals surface area contributed by atoms with Gasteiger partial charge in [0.1, 0.15) is 11.5 Å². The lowest BCUT2D eigenvalue weighted by molar-refractivity contribution is 0.628. The van der Waals surface area contributed by atoms with Crippen molar-refractivity contribution in [3.8, 4) is 11.3 Å². The fourth-order valence-corrected chi connectivity index (χ4v) is 2.20. The van der Waals surface area contributed by atoms with Crippen molar-refractivity contribution in [1.29, 1.82) is 0 Å². The van der Waals surface area contributed by atoms with Gasteiger partial charge in [0.2, 0.25) is 0 Å². The molecule has 0 fully saturated rings. The van der Waals surface area contributed by atoms with Crippen molar-refractivity contribution in [2.24, 2.45) is 0 Å². The smallest absolute Gasteiger partial charge is 0.137 e. The number of hydrogen-bond acceptors (Lipinski definition) is 1. The second-order valence-electron chi connectivity index (χ2n) is 3.75. The van der Waals surface area contributed by atoms with Gasteiger partial charge >= 0.3 is 0 Å². The molecule has 0 amide bonds. The highest BCUT2D eigenvalue weighted by molar-refractivity contribution is 14.1. The standard InChI is InChI=1S/C13H8FIN2/c14-10-3-1-9(2-4-10)12-8-17-7-11(15)5-6-13(17)16-12/h1-8H/i15-4. The lowest BCUT2D eigenvalue weighted by Gasteiger charge is -1.94. The SMILES string of the molecule is Fc1ccc(-c2cn3cc([123I])ccc3n2)cc1. The molecule has 0 spiro atoms. The molecule has 17 heavy (non-hydrogen) atoms. The summed E-state index contributed by atoms with van der Waals surface area (Å²) in [4.78, 5) is 4.49. The predicted molar refractivity (Wildman–Crippen MR) is 73.3 cm³/mol. The first-order valence-corrected chi connectivity index (χ1v) is 6.20. The first-order chi connectivity index (χ1) is 8.22. The van der Waals surface area contributed by atoms with Crippen LogP contribution in [-0.4, -0.2) is 9.38 Å². The Morgan fingerprint density at radius 3 is 2.53 bits per heavy atom. The number of nitrogens with zero attached hydrogens (tertiary/aromatic N) is 2. The van der Waals surface area contributed by atoms with Crippen molar-refractivity contribution in [3.05, 3.63) is 58.2 Å². The highest BCUT2D eigenvalue weighted by Gasteiger charge is 2.04. The third kappa shape index (κ3) is 2.04. The van der Waals surface area contributed by atoms with Crippen molar-refractivity contribution in [2.75, 3.05) is 0 Å². The molecule has 2 aromatic heterocycles. The maximum Gasteiger partial charge on any atom is 0.137 e. The summed E-state index contributed by atoms with van der Waals surface area (Å²) in [6.45, 7) is 0. The molecule has 0 radical (unpaired) electrons. The van der Waals surface area contributed by atoms with Crippen molar-refractivity contribution in [1.82, 2.24) is 9.38 Å². The molecule has 2 heterocycles. The van der Waals surface area contributed by atoms with E-state index in [9.17, 15) is 4.39 Å². The average molecular weight is 334 g/mol. The number of fused-ring (bicyclic) bond motifs is 1. The molecule has 3 aromatic rings. The summed E-state index contributed by atoms with van der Waals surface area (Å²) < 4.78 is 16.0. The molecule has 0 aliphatic rings. The van der Waals surface area contributed by atoms with Crippen LogP contribution in [0.4, 0.5) is 4.39 Å². The molecule has 2 nitrogen and oxygen atoms in total. The normalized spacial score (nSPS) is 10.9. The summed E-state index contributed by atoms with van der Waals surface area (Å²) in [5, 5.41) is 0. The van der Waals surface area contributed by atoms with Crippen LogP contribution in [0, 0.1) is 9.39 Å². The third-order valence-electron chi connectivity index (χ3n) is 2.55. The van der Waals surface area contributed by atoms with E-state index in [2.05, 4.69) is 27.6 Å². The van der Waals surface area contributed by atoms with Gasteiger partial charge in [-0.2, -0.15) is 0 Å². The zero-order valence-electron chi connectivity index (χ0n) is 8.77. The molecule has 4 heteroatoms. The summed E-state index contributed by atoms with van der Waals surface area (Å²) >= 11 is 2.26. The van der Waals surface area contributed by atoms with E-state index in [-0.39, 0.29) is 5.82 Å². The van der Waals surface area contributed by atoms with Gasteiger partial charge in [-0.25, -0.2) is 9.37 Å². The predicted octanol–water partition coefficient (Wildman–Crippen LogP) is 3.75. The van der Waals surface area contributed by atoms with Crippen LogP contribution in [0.2, 0.25) is 0 Å². The molecule has 0 N–H and O–H groups in total. The van der Waals surface area contributed by atoms with Crippen LogP contribution in [0.25, 0.3) is 16.9 Å². The van der Waals surface area contributed by atoms with Gasteiger partial charge < -0.3 is 4.40 Å². The van der Waals surface area contributed by atoms with Crippen LogP contribution < -0.4 is 0 Å². The van der Waals surface area contributed by atoms with Gasteiger partial charge in [0.05, 0.1) is 5.69 Å². The molecule has 3 rings (SSSR count). The lowest BCUT2D eigenvalue weighted by Crippen LogP contribution is -1.82. The molecule has 0 aliphatic carbocycles. The molecule has 0 atom stereocenters. The first kappa shape index (κ1) is 10.7. The van der Waals surface area contributed by atoms with E-state index in [0.717, 1.165) is 20.5 Å². The molecule has 1 aromatic carbocycles. The minimum Gasteiger partial charge on any atom is -0.305 e. The van der Waals surface area contributed by atoms with Crippen molar-refractivity contribution >= 4 is 28.2 Å². The molecular formula is C13H8FIN2. The lowest BCUT2D eigenvalue weighted by atomic mass is 10.2. The highest BCUT2D eigenvalue weighted by Crippen LogP contribution is 2.20. The maximum absolute atomic E-state index is 12.8. The molecule has 0 saturated carbocycles. The Balaban J connectivity index is 2.14. The molecule has 0 aliphatic heterocycles. The minimum atomic E-state index is -0.230. The van der Waals surface area contributed by atoms with Gasteiger partial charge in [-0.05, 0) is 59.0 Å². The van der Waals surface area contributed by atoms with Crippen LogP contribution >= 0.6 is 22.6 Å². The quantitative estimate of drug-likeness (QED) is 0.620. The second kappa shape index (κ2) is 4.10. The van der Waals surface area contributed by atoms with E-state index in [0.29, 0.717) is 0 Å². The second-order valence-corrected chi connectivity index (χ2v) is 4.99. The van der Waals surface area contributed by atoms with Crippen LogP contribution in [0.15, 0.2) is 48.8 Å². The van der Waals surface area contributed by atoms with E-state index in [1.165, 1.54) is 12.1 Å². The summed E-state index contributed by atoms with van der Waals surface area (Å²) in [7, 11) is 0. The third-order valence-corrected chi connectivity index (χ3v) is 3.19. The Labute approximate surface area is 111 Å². The fraction of sp³-hybridized carbons (Fsp3) is 0. The van der Waals surface area contributed by atoms with Crippen LogP contribution in [0.3, 0.4) is 0 Å². The molecule has 0 saturated heterocycles. The number of aromatic nitrogens is 2. The molecule has 0 bridgehead atoms. The van der Waals surface area contributed by atoms with Gasteiger partial charge in [0.15, 0.2) is 0 Å². The number of benzene rings is 1. The van der Waals surface area contributed by atoms with Crippen molar-refractivity contribution < 1.29 is 4.39 Å². The fourth-order valence-electron chi connectivity index (χ4n) is 1.72. The van der Waals surface area contributed by atoms with E-state index in [1.807, 2.05) is 28.9 Å². The molecular weight excluding hydrogens is 326 g/mol. The molecule has 0 unspecified atom stereocenters. The van der Waals surface area contributed by atoms with E-state index < -0.39 is 0 Å². The Morgan fingerprint density at radius 1 is 1.00 bits per heavy atom. The highest BCUT2D eigenvalue weighted by atomic mass is 123. The summed E-state index contributed by atoms with van der Waals surface area (Å²) in [6, 6.07) is 10.3. The van der Waals surface area contributed by atoms with E-state index in [4.69, 9.17) is 0 Å². The van der Waals surface area contributed by atoms with Gasteiger partial charge in [-0.1, -0.05) is 0 Å². The van der Waals surface area contributed by atoms with Crippen molar-refractivity contribution in [2.45, 2.75) is 0 Å². The summed E-state index contributed by atoms with van der Waals surface area (Å²) in [6.07, 6.45) is 3.96. The zero-order valence-corrected chi connectivity index (χ0v) is 10.9. The van der Waals surface area contributed by atoms with Crippen molar-refractivity contribution in [3.63, 3.8) is 0 Å². The van der Waals surface area contributed by atoms with E-state index in [1.54, 1.807) is 12.1 Å². The van der Waals surface area contributed by atoms with Gasteiger partial charge in [0, 0.05) is 21.5 Å². The zero-order chi connectivity index (χ0) is 11.8. The average Bonchev–Trinajstić information content (AvgIpc) is 2.72. The Kier molecular flexibility index (Phi) is 2.58. The Bertz CT molecular complexity index is 673. The van der Waals surface area contributed by atoms with Crippen LogP contribution in [-0.2, 0) is 0 Å². The number of rotatable bonds is 1. The number of imidazole rings is 1. The topological polar surface area (TPSA) is 17.3 Å². The minimum absolute atomic E-state index is 0.230. The van der Waals surface area contributed by atoms with Gasteiger partial charge in [-0.15, -0.1) is 0 Å². The Morgan fingerprint density at radius 2 is 1.76 bits per heavy atom.